The van der Waals surface area contributed by atoms with E-state index in [1.54, 1.807) is 0 Å². The van der Waals surface area contributed by atoms with E-state index in [9.17, 15) is 0 Å². The summed E-state index contributed by atoms with van der Waals surface area (Å²) in [6.07, 6.45) is 3.84. The molecule has 0 fully saturated rings. The predicted octanol–water partition coefficient (Wildman–Crippen LogP) is 3.54. The van der Waals surface area contributed by atoms with E-state index in [4.69, 9.17) is 0 Å². The van der Waals surface area contributed by atoms with Gasteiger partial charge in [-0.25, -0.2) is 0 Å². The van der Waals surface area contributed by atoms with Crippen LogP contribution < -0.4 is 0 Å². The zero-order chi connectivity index (χ0) is 14.3. The first-order chi connectivity index (χ1) is 10.4. The van der Waals surface area contributed by atoms with Gasteiger partial charge in [0.25, 0.3) is 0 Å². The third kappa shape index (κ3) is 3.67. The minimum Gasteiger partial charge on any atom is -0.264 e. The Morgan fingerprint density at radius 1 is 0.762 bits per heavy atom. The summed E-state index contributed by atoms with van der Waals surface area (Å²) < 4.78 is 0. The summed E-state index contributed by atoms with van der Waals surface area (Å²) in [5.74, 6) is 0. The SMILES string of the molecule is c1ccc(C([SiH2]Cc2cccnc2)c2ccccc2)cc1. The Bertz CT molecular complexity index is 613. The molecule has 0 unspecified atom stereocenters. The standard InChI is InChI=1S/C19H19NSi/c1-3-9-17(10-4-1)19(18-11-5-2-6-12-18)21-15-16-8-7-13-20-14-16/h1-14,19H,15,21H2. The molecule has 0 radical (unpaired) electrons. The molecule has 0 saturated heterocycles. The molecule has 2 heteroatoms. The van der Waals surface area contributed by atoms with Crippen molar-refractivity contribution >= 4 is 9.52 Å². The van der Waals surface area contributed by atoms with Gasteiger partial charge >= 0.3 is 0 Å². The van der Waals surface area contributed by atoms with E-state index >= 15 is 0 Å². The molecule has 21 heavy (non-hydrogen) atoms. The Kier molecular flexibility index (Phi) is 4.59. The maximum absolute atomic E-state index is 4.23. The fourth-order valence-electron chi connectivity index (χ4n) is 2.75. The second-order valence-corrected chi connectivity index (χ2v) is 7.17. The molecule has 1 nitrogen and oxygen atoms in total. The van der Waals surface area contributed by atoms with E-state index in [0.717, 1.165) is 0 Å². The molecule has 0 aliphatic heterocycles. The molecule has 3 aromatic rings. The molecule has 2 aromatic carbocycles. The van der Waals surface area contributed by atoms with Crippen LogP contribution in [0.3, 0.4) is 0 Å². The number of benzene rings is 2. The Labute approximate surface area is 128 Å². The molecule has 0 spiro atoms. The van der Waals surface area contributed by atoms with Crippen molar-refractivity contribution < 1.29 is 0 Å². The van der Waals surface area contributed by atoms with Crippen LogP contribution in [0.25, 0.3) is 0 Å². The van der Waals surface area contributed by atoms with E-state index < -0.39 is 0 Å². The van der Waals surface area contributed by atoms with Gasteiger partial charge in [0, 0.05) is 21.9 Å². The maximum Gasteiger partial charge on any atom is 0.0390 e. The highest BCUT2D eigenvalue weighted by Crippen LogP contribution is 2.24. The molecule has 0 saturated carbocycles. The summed E-state index contributed by atoms with van der Waals surface area (Å²) in [6, 6.07) is 27.2. The molecule has 0 amide bonds. The van der Waals surface area contributed by atoms with Crippen LogP contribution in [-0.4, -0.2) is 14.5 Å². The number of hydrogen-bond donors (Lipinski definition) is 0. The van der Waals surface area contributed by atoms with E-state index in [2.05, 4.69) is 71.7 Å². The minimum absolute atomic E-state index is 0.310. The molecule has 0 N–H and O–H groups in total. The first-order valence-electron chi connectivity index (χ1n) is 7.42. The predicted molar refractivity (Wildman–Crippen MR) is 91.2 cm³/mol. The number of nitrogens with zero attached hydrogens (tertiary/aromatic N) is 1. The van der Waals surface area contributed by atoms with Gasteiger partial charge < -0.3 is 0 Å². The first-order valence-corrected chi connectivity index (χ1v) is 9.24. The lowest BCUT2D eigenvalue weighted by Crippen LogP contribution is -2.12. The fraction of sp³-hybridized carbons (Fsp3) is 0.105. The molecule has 3 rings (SSSR count). The highest BCUT2D eigenvalue weighted by Gasteiger charge is 2.14. The summed E-state index contributed by atoms with van der Waals surface area (Å²) in [5.41, 5.74) is 4.83. The van der Waals surface area contributed by atoms with E-state index in [-0.39, 0.29) is 9.52 Å². The highest BCUT2D eigenvalue weighted by atomic mass is 28.2. The second-order valence-electron chi connectivity index (χ2n) is 5.27. The average Bonchev–Trinajstić information content (AvgIpc) is 2.58. The smallest absolute Gasteiger partial charge is 0.0390 e. The summed E-state index contributed by atoms with van der Waals surface area (Å²) in [4.78, 5) is 4.23. The van der Waals surface area contributed by atoms with Crippen molar-refractivity contribution in [3.8, 4) is 0 Å². The molecule has 0 atom stereocenters. The molecule has 1 aromatic heterocycles. The van der Waals surface area contributed by atoms with Crippen molar-refractivity contribution in [2.45, 2.75) is 11.6 Å². The van der Waals surface area contributed by atoms with E-state index in [1.165, 1.54) is 22.7 Å². The van der Waals surface area contributed by atoms with Crippen LogP contribution >= 0.6 is 0 Å². The van der Waals surface area contributed by atoms with Gasteiger partial charge in [-0.15, -0.1) is 0 Å². The molecule has 0 bridgehead atoms. The molecule has 104 valence electrons. The molecular weight excluding hydrogens is 270 g/mol. The highest BCUT2D eigenvalue weighted by molar-refractivity contribution is 6.38. The molecule has 0 aliphatic carbocycles. The van der Waals surface area contributed by atoms with Crippen molar-refractivity contribution in [3.05, 3.63) is 102 Å². The van der Waals surface area contributed by atoms with Crippen LogP contribution in [0.5, 0.6) is 0 Å². The van der Waals surface area contributed by atoms with Gasteiger partial charge in [0.15, 0.2) is 0 Å². The van der Waals surface area contributed by atoms with Gasteiger partial charge in [-0.3, -0.25) is 4.98 Å². The summed E-state index contributed by atoms with van der Waals surface area (Å²) in [7, 11) is -0.310. The van der Waals surface area contributed by atoms with Gasteiger partial charge in [-0.05, 0) is 34.3 Å². The second kappa shape index (κ2) is 7.00. The van der Waals surface area contributed by atoms with Crippen molar-refractivity contribution in [2.75, 3.05) is 0 Å². The van der Waals surface area contributed by atoms with Crippen LogP contribution in [0.15, 0.2) is 85.2 Å². The van der Waals surface area contributed by atoms with Gasteiger partial charge in [-0.1, -0.05) is 66.7 Å². The number of pyridine rings is 1. The Morgan fingerprint density at radius 3 is 1.90 bits per heavy atom. The average molecular weight is 289 g/mol. The topological polar surface area (TPSA) is 12.9 Å². The fourth-order valence-corrected chi connectivity index (χ4v) is 4.88. The number of hydrogen-bond acceptors (Lipinski definition) is 1. The Hall–Kier alpha value is -2.19. The van der Waals surface area contributed by atoms with E-state index in [1.807, 2.05) is 18.5 Å². The van der Waals surface area contributed by atoms with Gasteiger partial charge in [0.1, 0.15) is 0 Å². The zero-order valence-electron chi connectivity index (χ0n) is 12.0. The van der Waals surface area contributed by atoms with E-state index in [0.29, 0.717) is 5.54 Å². The third-order valence-corrected chi connectivity index (χ3v) is 6.23. The lowest BCUT2D eigenvalue weighted by atomic mass is 10.0. The third-order valence-electron chi connectivity index (χ3n) is 3.85. The lowest BCUT2D eigenvalue weighted by molar-refractivity contribution is 1.10. The lowest BCUT2D eigenvalue weighted by Gasteiger charge is -2.17. The largest absolute Gasteiger partial charge is 0.264 e. The molecular formula is C19H19NSi. The normalized spacial score (nSPS) is 11.3. The van der Waals surface area contributed by atoms with Crippen molar-refractivity contribution in [1.82, 2.24) is 4.98 Å². The van der Waals surface area contributed by atoms with Gasteiger partial charge in [0.2, 0.25) is 0 Å². The summed E-state index contributed by atoms with van der Waals surface area (Å²) in [5, 5.41) is 0. The van der Waals surface area contributed by atoms with Crippen LogP contribution in [0.4, 0.5) is 0 Å². The van der Waals surface area contributed by atoms with Gasteiger partial charge in [-0.2, -0.15) is 0 Å². The van der Waals surface area contributed by atoms with Crippen LogP contribution in [-0.2, 0) is 6.04 Å². The zero-order valence-corrected chi connectivity index (χ0v) is 13.4. The van der Waals surface area contributed by atoms with Crippen molar-refractivity contribution in [2.24, 2.45) is 0 Å². The van der Waals surface area contributed by atoms with Crippen molar-refractivity contribution in [1.29, 1.82) is 0 Å². The summed E-state index contributed by atoms with van der Waals surface area (Å²) >= 11 is 0. The number of rotatable bonds is 5. The maximum atomic E-state index is 4.23. The van der Waals surface area contributed by atoms with Crippen molar-refractivity contribution in [3.63, 3.8) is 0 Å². The summed E-state index contributed by atoms with van der Waals surface area (Å²) in [6.45, 7) is 0. The van der Waals surface area contributed by atoms with Crippen LogP contribution in [0, 0.1) is 0 Å². The molecule has 0 aliphatic rings. The number of aromatic nitrogens is 1. The van der Waals surface area contributed by atoms with Crippen LogP contribution in [0.2, 0.25) is 0 Å². The minimum atomic E-state index is -0.310. The first kappa shape index (κ1) is 13.8. The Balaban J connectivity index is 1.83. The monoisotopic (exact) mass is 289 g/mol. The van der Waals surface area contributed by atoms with Crippen LogP contribution in [0.1, 0.15) is 22.2 Å². The molecule has 1 heterocycles. The Morgan fingerprint density at radius 2 is 1.38 bits per heavy atom. The quantitative estimate of drug-likeness (QED) is 0.655. The van der Waals surface area contributed by atoms with Gasteiger partial charge in [0.05, 0.1) is 0 Å².